The van der Waals surface area contributed by atoms with E-state index in [-0.39, 0.29) is 11.9 Å². The van der Waals surface area contributed by atoms with Gasteiger partial charge in [-0.3, -0.25) is 4.79 Å². The van der Waals surface area contributed by atoms with Gasteiger partial charge in [-0.15, -0.1) is 0 Å². The highest BCUT2D eigenvalue weighted by Gasteiger charge is 2.35. The second-order valence-corrected chi connectivity index (χ2v) is 7.63. The van der Waals surface area contributed by atoms with E-state index in [1.54, 1.807) is 26.2 Å². The van der Waals surface area contributed by atoms with Crippen molar-refractivity contribution < 1.29 is 19.0 Å². The Morgan fingerprint density at radius 3 is 2.74 bits per heavy atom. The number of hydrogen-bond donors (Lipinski definition) is 1. The molecule has 2 unspecified atom stereocenters. The van der Waals surface area contributed by atoms with Crippen LogP contribution in [0.2, 0.25) is 5.02 Å². The number of carbonyl (C=O) groups excluding carboxylic acids is 1. The first kappa shape index (κ1) is 19.4. The van der Waals surface area contributed by atoms with Crippen LogP contribution in [0.1, 0.15) is 38.8 Å². The van der Waals surface area contributed by atoms with E-state index in [1.807, 2.05) is 44.2 Å². The maximum atomic E-state index is 12.7. The second-order valence-electron chi connectivity index (χ2n) is 7.22. The van der Waals surface area contributed by atoms with E-state index in [0.717, 1.165) is 11.3 Å². The Balaban J connectivity index is 1.76. The number of methoxy groups -OCH3 is 1. The summed E-state index contributed by atoms with van der Waals surface area (Å²) in [6, 6.07) is 12.6. The number of amides is 1. The number of carbonyl (C=O) groups is 1. The van der Waals surface area contributed by atoms with Crippen LogP contribution in [0.25, 0.3) is 0 Å². The SMILES string of the molecule is COc1ccc2c(c1)OC(C)(C)CC2NC(=O)C(C)Oc1ccccc1Cl. The number of benzene rings is 2. The summed E-state index contributed by atoms with van der Waals surface area (Å²) >= 11 is 6.11. The quantitative estimate of drug-likeness (QED) is 0.815. The highest BCUT2D eigenvalue weighted by Crippen LogP contribution is 2.41. The standard InChI is InChI=1S/C21H24ClNO4/c1-13(26-18-8-6-5-7-16(18)22)20(24)23-17-12-21(2,3)27-19-11-14(25-4)9-10-15(17)19/h5-11,13,17H,12H2,1-4H3,(H,23,24). The zero-order chi connectivity index (χ0) is 19.6. The molecule has 0 fully saturated rings. The highest BCUT2D eigenvalue weighted by atomic mass is 35.5. The molecule has 0 saturated heterocycles. The lowest BCUT2D eigenvalue weighted by atomic mass is 9.89. The number of para-hydroxylation sites is 1. The van der Waals surface area contributed by atoms with Gasteiger partial charge in [-0.1, -0.05) is 23.7 Å². The zero-order valence-electron chi connectivity index (χ0n) is 15.9. The van der Waals surface area contributed by atoms with Crippen LogP contribution in [-0.4, -0.2) is 24.7 Å². The molecule has 1 heterocycles. The van der Waals surface area contributed by atoms with Crippen LogP contribution in [0.15, 0.2) is 42.5 Å². The summed E-state index contributed by atoms with van der Waals surface area (Å²) in [5, 5.41) is 3.55. The van der Waals surface area contributed by atoms with Gasteiger partial charge < -0.3 is 19.5 Å². The van der Waals surface area contributed by atoms with Crippen LogP contribution < -0.4 is 19.5 Å². The Bertz CT molecular complexity index is 837. The van der Waals surface area contributed by atoms with E-state index in [4.69, 9.17) is 25.8 Å². The first-order valence-corrected chi connectivity index (χ1v) is 9.25. The molecule has 1 N–H and O–H groups in total. The third kappa shape index (κ3) is 4.48. The van der Waals surface area contributed by atoms with Gasteiger partial charge in [-0.05, 0) is 45.0 Å². The van der Waals surface area contributed by atoms with Gasteiger partial charge in [0.05, 0.1) is 18.2 Å². The Kier molecular flexibility index (Phi) is 5.51. The van der Waals surface area contributed by atoms with Crippen molar-refractivity contribution in [3.8, 4) is 17.2 Å². The minimum Gasteiger partial charge on any atom is -0.497 e. The Hall–Kier alpha value is -2.40. The molecule has 1 aliphatic heterocycles. The van der Waals surface area contributed by atoms with Gasteiger partial charge in [0.2, 0.25) is 0 Å². The van der Waals surface area contributed by atoms with Crippen LogP contribution in [-0.2, 0) is 4.79 Å². The molecule has 0 spiro atoms. The van der Waals surface area contributed by atoms with E-state index < -0.39 is 11.7 Å². The second kappa shape index (κ2) is 7.69. The summed E-state index contributed by atoms with van der Waals surface area (Å²) < 4.78 is 17.1. The fraction of sp³-hybridized carbons (Fsp3) is 0.381. The average Bonchev–Trinajstić information content (AvgIpc) is 2.62. The Labute approximate surface area is 164 Å². The van der Waals surface area contributed by atoms with Crippen molar-refractivity contribution in [2.24, 2.45) is 0 Å². The summed E-state index contributed by atoms with van der Waals surface area (Å²) in [5.41, 5.74) is 0.512. The van der Waals surface area contributed by atoms with Gasteiger partial charge in [0, 0.05) is 18.1 Å². The van der Waals surface area contributed by atoms with Crippen molar-refractivity contribution in [1.82, 2.24) is 5.32 Å². The number of halogens is 1. The fourth-order valence-corrected chi connectivity index (χ4v) is 3.34. The maximum absolute atomic E-state index is 12.7. The summed E-state index contributed by atoms with van der Waals surface area (Å²) in [6.07, 6.45) is -0.0331. The third-order valence-corrected chi connectivity index (χ3v) is 4.82. The van der Waals surface area contributed by atoms with Crippen LogP contribution in [0, 0.1) is 0 Å². The lowest BCUT2D eigenvalue weighted by Gasteiger charge is -2.38. The molecule has 0 radical (unpaired) electrons. The molecular formula is C21H24ClNO4. The number of nitrogens with one attached hydrogen (secondary N) is 1. The molecule has 0 bridgehead atoms. The molecule has 1 amide bonds. The van der Waals surface area contributed by atoms with Gasteiger partial charge >= 0.3 is 0 Å². The number of hydrogen-bond acceptors (Lipinski definition) is 4. The van der Waals surface area contributed by atoms with Crippen molar-refractivity contribution in [3.05, 3.63) is 53.1 Å². The first-order valence-electron chi connectivity index (χ1n) is 8.87. The molecule has 1 aliphatic rings. The van der Waals surface area contributed by atoms with Crippen LogP contribution in [0.3, 0.4) is 0 Å². The van der Waals surface area contributed by atoms with Crippen molar-refractivity contribution >= 4 is 17.5 Å². The Morgan fingerprint density at radius 1 is 1.30 bits per heavy atom. The van der Waals surface area contributed by atoms with Gasteiger partial charge in [0.25, 0.3) is 5.91 Å². The summed E-state index contributed by atoms with van der Waals surface area (Å²) in [5.74, 6) is 1.71. The molecular weight excluding hydrogens is 366 g/mol. The molecule has 0 aliphatic carbocycles. The third-order valence-electron chi connectivity index (χ3n) is 4.50. The Morgan fingerprint density at radius 2 is 2.04 bits per heavy atom. The topological polar surface area (TPSA) is 56.8 Å². The highest BCUT2D eigenvalue weighted by molar-refractivity contribution is 6.32. The minimum absolute atomic E-state index is 0.181. The van der Waals surface area contributed by atoms with Crippen LogP contribution in [0.5, 0.6) is 17.2 Å². The smallest absolute Gasteiger partial charge is 0.261 e. The molecule has 5 nitrogen and oxygen atoms in total. The maximum Gasteiger partial charge on any atom is 0.261 e. The van der Waals surface area contributed by atoms with Crippen molar-refractivity contribution in [2.75, 3.05) is 7.11 Å². The van der Waals surface area contributed by atoms with Crippen molar-refractivity contribution in [3.63, 3.8) is 0 Å². The van der Waals surface area contributed by atoms with Gasteiger partial charge in [-0.2, -0.15) is 0 Å². The van der Waals surface area contributed by atoms with Gasteiger partial charge in [0.15, 0.2) is 6.10 Å². The van der Waals surface area contributed by atoms with E-state index in [2.05, 4.69) is 5.32 Å². The largest absolute Gasteiger partial charge is 0.497 e. The molecule has 2 atom stereocenters. The summed E-state index contributed by atoms with van der Waals surface area (Å²) in [4.78, 5) is 12.7. The van der Waals surface area contributed by atoms with Crippen molar-refractivity contribution in [1.29, 1.82) is 0 Å². The monoisotopic (exact) mass is 389 g/mol. The normalized spacial score (nSPS) is 18.6. The fourth-order valence-electron chi connectivity index (χ4n) is 3.16. The molecule has 2 aromatic carbocycles. The predicted octanol–water partition coefficient (Wildman–Crippen LogP) is 4.53. The molecule has 3 rings (SSSR count). The molecule has 144 valence electrons. The molecule has 6 heteroatoms. The summed E-state index contributed by atoms with van der Waals surface area (Å²) in [6.45, 7) is 5.70. The van der Waals surface area contributed by atoms with E-state index >= 15 is 0 Å². The molecule has 2 aromatic rings. The lowest BCUT2D eigenvalue weighted by molar-refractivity contribution is -0.128. The minimum atomic E-state index is -0.683. The molecule has 0 saturated carbocycles. The van der Waals surface area contributed by atoms with E-state index in [9.17, 15) is 4.79 Å². The first-order chi connectivity index (χ1) is 12.8. The zero-order valence-corrected chi connectivity index (χ0v) is 16.7. The van der Waals surface area contributed by atoms with Crippen LogP contribution >= 0.6 is 11.6 Å². The predicted molar refractivity (Wildman–Crippen MR) is 105 cm³/mol. The molecule has 0 aromatic heterocycles. The number of fused-ring (bicyclic) bond motifs is 1. The van der Waals surface area contributed by atoms with Crippen molar-refractivity contribution in [2.45, 2.75) is 44.9 Å². The lowest BCUT2D eigenvalue weighted by Crippen LogP contribution is -2.44. The summed E-state index contributed by atoms with van der Waals surface area (Å²) in [7, 11) is 1.61. The number of rotatable bonds is 5. The van der Waals surface area contributed by atoms with E-state index in [1.165, 1.54) is 0 Å². The van der Waals surface area contributed by atoms with Gasteiger partial charge in [0.1, 0.15) is 22.8 Å². The van der Waals surface area contributed by atoms with E-state index in [0.29, 0.717) is 22.9 Å². The number of ether oxygens (including phenoxy) is 3. The molecule has 27 heavy (non-hydrogen) atoms. The van der Waals surface area contributed by atoms with Gasteiger partial charge in [-0.25, -0.2) is 0 Å². The van der Waals surface area contributed by atoms with Crippen LogP contribution in [0.4, 0.5) is 0 Å². The average molecular weight is 390 g/mol.